The number of pyridine rings is 1. The summed E-state index contributed by atoms with van der Waals surface area (Å²) in [5.74, 6) is 1.17. The summed E-state index contributed by atoms with van der Waals surface area (Å²) < 4.78 is 0. The third kappa shape index (κ3) is 2.47. The molecule has 4 heteroatoms. The van der Waals surface area contributed by atoms with Crippen molar-refractivity contribution in [1.29, 1.82) is 0 Å². The second-order valence-corrected chi connectivity index (χ2v) is 5.43. The maximum absolute atomic E-state index is 4.54. The van der Waals surface area contributed by atoms with E-state index in [0.29, 0.717) is 0 Å². The van der Waals surface area contributed by atoms with Crippen LogP contribution in [0.3, 0.4) is 0 Å². The van der Waals surface area contributed by atoms with E-state index in [1.165, 1.54) is 37.3 Å². The SMILES string of the molecule is BrCc1cccnc1N1CCN(C2CC2)CC1. The van der Waals surface area contributed by atoms with Crippen molar-refractivity contribution < 1.29 is 0 Å². The fraction of sp³-hybridized carbons (Fsp3) is 0.615. The molecule has 3 rings (SSSR count). The minimum absolute atomic E-state index is 0.888. The molecule has 1 saturated carbocycles. The fourth-order valence-electron chi connectivity index (χ4n) is 2.56. The molecule has 0 spiro atoms. The zero-order valence-corrected chi connectivity index (χ0v) is 11.6. The van der Waals surface area contributed by atoms with Crippen molar-refractivity contribution in [3.8, 4) is 0 Å². The Kier molecular flexibility index (Phi) is 3.34. The largest absolute Gasteiger partial charge is 0.354 e. The molecule has 0 aromatic carbocycles. The molecular formula is C13H18BrN3. The van der Waals surface area contributed by atoms with Gasteiger partial charge in [0.1, 0.15) is 5.82 Å². The van der Waals surface area contributed by atoms with Gasteiger partial charge in [-0.2, -0.15) is 0 Å². The number of nitrogens with zero attached hydrogens (tertiary/aromatic N) is 3. The second kappa shape index (κ2) is 4.94. The van der Waals surface area contributed by atoms with Gasteiger partial charge in [0, 0.05) is 49.3 Å². The van der Waals surface area contributed by atoms with E-state index in [0.717, 1.165) is 24.5 Å². The molecular weight excluding hydrogens is 278 g/mol. The quantitative estimate of drug-likeness (QED) is 0.798. The van der Waals surface area contributed by atoms with Crippen molar-refractivity contribution in [2.75, 3.05) is 31.1 Å². The maximum atomic E-state index is 4.54. The van der Waals surface area contributed by atoms with Crippen LogP contribution in [0.2, 0.25) is 0 Å². The number of alkyl halides is 1. The van der Waals surface area contributed by atoms with E-state index in [2.05, 4.69) is 36.8 Å². The Labute approximate surface area is 111 Å². The van der Waals surface area contributed by atoms with Gasteiger partial charge >= 0.3 is 0 Å². The van der Waals surface area contributed by atoms with E-state index in [1.807, 2.05) is 12.3 Å². The first kappa shape index (κ1) is 11.5. The summed E-state index contributed by atoms with van der Waals surface area (Å²) in [6.07, 6.45) is 4.72. The van der Waals surface area contributed by atoms with Gasteiger partial charge in [-0.3, -0.25) is 4.90 Å². The summed E-state index contributed by atoms with van der Waals surface area (Å²) in [6, 6.07) is 5.07. The summed E-state index contributed by atoms with van der Waals surface area (Å²) in [5.41, 5.74) is 1.30. The molecule has 92 valence electrons. The molecule has 1 aromatic rings. The van der Waals surface area contributed by atoms with Crippen LogP contribution >= 0.6 is 15.9 Å². The van der Waals surface area contributed by atoms with Crippen molar-refractivity contribution in [2.45, 2.75) is 24.2 Å². The number of halogens is 1. The van der Waals surface area contributed by atoms with Gasteiger partial charge < -0.3 is 4.90 Å². The van der Waals surface area contributed by atoms with E-state index in [4.69, 9.17) is 0 Å². The summed E-state index contributed by atoms with van der Waals surface area (Å²) in [5, 5.41) is 0.888. The highest BCUT2D eigenvalue weighted by Gasteiger charge is 2.31. The number of aromatic nitrogens is 1. The van der Waals surface area contributed by atoms with Crippen molar-refractivity contribution in [2.24, 2.45) is 0 Å². The van der Waals surface area contributed by atoms with Crippen LogP contribution in [0.25, 0.3) is 0 Å². The smallest absolute Gasteiger partial charge is 0.132 e. The molecule has 0 N–H and O–H groups in total. The van der Waals surface area contributed by atoms with Gasteiger partial charge in [-0.15, -0.1) is 0 Å². The van der Waals surface area contributed by atoms with Gasteiger partial charge in [-0.1, -0.05) is 22.0 Å². The van der Waals surface area contributed by atoms with E-state index in [1.54, 1.807) is 0 Å². The number of rotatable bonds is 3. The molecule has 1 aromatic heterocycles. The van der Waals surface area contributed by atoms with Crippen LogP contribution in [0, 0.1) is 0 Å². The van der Waals surface area contributed by atoms with Crippen molar-refractivity contribution in [3.05, 3.63) is 23.9 Å². The molecule has 2 fully saturated rings. The molecule has 0 radical (unpaired) electrons. The van der Waals surface area contributed by atoms with Gasteiger partial charge in [-0.05, 0) is 18.9 Å². The Morgan fingerprint density at radius 1 is 1.24 bits per heavy atom. The predicted octanol–water partition coefficient (Wildman–Crippen LogP) is 2.26. The Morgan fingerprint density at radius 2 is 2.00 bits per heavy atom. The van der Waals surface area contributed by atoms with E-state index in [-0.39, 0.29) is 0 Å². The molecule has 2 aliphatic rings. The monoisotopic (exact) mass is 295 g/mol. The Hall–Kier alpha value is -0.610. The Balaban J connectivity index is 1.68. The van der Waals surface area contributed by atoms with Crippen LogP contribution in [0.4, 0.5) is 5.82 Å². The third-order valence-electron chi connectivity index (χ3n) is 3.69. The summed E-state index contributed by atoms with van der Waals surface area (Å²) in [7, 11) is 0. The highest BCUT2D eigenvalue weighted by molar-refractivity contribution is 9.08. The lowest BCUT2D eigenvalue weighted by Gasteiger charge is -2.36. The molecule has 0 unspecified atom stereocenters. The van der Waals surface area contributed by atoms with E-state index < -0.39 is 0 Å². The first-order chi connectivity index (χ1) is 8.38. The highest BCUT2D eigenvalue weighted by Crippen LogP contribution is 2.29. The average molecular weight is 296 g/mol. The van der Waals surface area contributed by atoms with Gasteiger partial charge in [0.25, 0.3) is 0 Å². The van der Waals surface area contributed by atoms with Crippen LogP contribution < -0.4 is 4.90 Å². The zero-order chi connectivity index (χ0) is 11.7. The first-order valence-corrected chi connectivity index (χ1v) is 7.49. The lowest BCUT2D eigenvalue weighted by molar-refractivity contribution is 0.247. The Morgan fingerprint density at radius 3 is 2.65 bits per heavy atom. The molecule has 17 heavy (non-hydrogen) atoms. The maximum Gasteiger partial charge on any atom is 0.132 e. The molecule has 1 aliphatic heterocycles. The molecule has 2 heterocycles. The molecule has 1 aliphatic carbocycles. The standard InChI is InChI=1S/C13H18BrN3/c14-10-11-2-1-5-15-13(11)17-8-6-16(7-9-17)12-3-4-12/h1-2,5,12H,3-4,6-10H2. The lowest BCUT2D eigenvalue weighted by atomic mass is 10.2. The van der Waals surface area contributed by atoms with Gasteiger partial charge in [0.2, 0.25) is 0 Å². The Bertz CT molecular complexity index is 384. The van der Waals surface area contributed by atoms with Crippen LogP contribution in [0.5, 0.6) is 0 Å². The summed E-state index contributed by atoms with van der Waals surface area (Å²) in [6.45, 7) is 4.63. The minimum atomic E-state index is 0.888. The predicted molar refractivity (Wildman–Crippen MR) is 73.7 cm³/mol. The number of piperazine rings is 1. The van der Waals surface area contributed by atoms with E-state index in [9.17, 15) is 0 Å². The number of anilines is 1. The molecule has 0 amide bonds. The second-order valence-electron chi connectivity index (χ2n) is 4.87. The summed E-state index contributed by atoms with van der Waals surface area (Å²) in [4.78, 5) is 9.59. The fourth-order valence-corrected chi connectivity index (χ4v) is 3.00. The topological polar surface area (TPSA) is 19.4 Å². The van der Waals surface area contributed by atoms with Crippen LogP contribution in [-0.4, -0.2) is 42.1 Å². The van der Waals surface area contributed by atoms with Gasteiger partial charge in [0.05, 0.1) is 0 Å². The van der Waals surface area contributed by atoms with Crippen molar-refractivity contribution >= 4 is 21.7 Å². The zero-order valence-electron chi connectivity index (χ0n) is 9.98. The first-order valence-electron chi connectivity index (χ1n) is 6.37. The average Bonchev–Trinajstić information content (AvgIpc) is 3.23. The molecule has 0 bridgehead atoms. The van der Waals surface area contributed by atoms with Crippen LogP contribution in [-0.2, 0) is 5.33 Å². The van der Waals surface area contributed by atoms with Gasteiger partial charge in [-0.25, -0.2) is 4.98 Å². The van der Waals surface area contributed by atoms with E-state index >= 15 is 0 Å². The number of hydrogen-bond donors (Lipinski definition) is 0. The molecule has 0 atom stereocenters. The normalized spacial score (nSPS) is 21.8. The molecule has 3 nitrogen and oxygen atoms in total. The number of hydrogen-bond acceptors (Lipinski definition) is 3. The van der Waals surface area contributed by atoms with Crippen LogP contribution in [0.15, 0.2) is 18.3 Å². The summed E-state index contributed by atoms with van der Waals surface area (Å²) >= 11 is 3.54. The van der Waals surface area contributed by atoms with Gasteiger partial charge in [0.15, 0.2) is 0 Å². The van der Waals surface area contributed by atoms with Crippen molar-refractivity contribution in [1.82, 2.24) is 9.88 Å². The molecule has 1 saturated heterocycles. The lowest BCUT2D eigenvalue weighted by Crippen LogP contribution is -2.47. The third-order valence-corrected chi connectivity index (χ3v) is 4.29. The van der Waals surface area contributed by atoms with Crippen LogP contribution in [0.1, 0.15) is 18.4 Å². The van der Waals surface area contributed by atoms with Crippen molar-refractivity contribution in [3.63, 3.8) is 0 Å². The highest BCUT2D eigenvalue weighted by atomic mass is 79.9. The minimum Gasteiger partial charge on any atom is -0.354 e.